The molecule has 0 fully saturated rings. The summed E-state index contributed by atoms with van der Waals surface area (Å²) < 4.78 is 19.9. The van der Waals surface area contributed by atoms with Crippen LogP contribution in [-0.4, -0.2) is 29.2 Å². The van der Waals surface area contributed by atoms with E-state index in [1.54, 1.807) is 0 Å². The molecule has 3 heterocycles. The summed E-state index contributed by atoms with van der Waals surface area (Å²) in [6, 6.07) is 8.06. The number of carbonyl (C=O) groups excluding carboxylic acids is 1. The van der Waals surface area contributed by atoms with Crippen LogP contribution in [-0.2, 0) is 12.0 Å². The number of amides is 1. The highest BCUT2D eigenvalue weighted by Crippen LogP contribution is 2.37. The van der Waals surface area contributed by atoms with Gasteiger partial charge in [-0.2, -0.15) is 4.98 Å². The van der Waals surface area contributed by atoms with E-state index in [0.29, 0.717) is 5.02 Å². The molecule has 0 unspecified atom stereocenters. The van der Waals surface area contributed by atoms with Crippen LogP contribution in [0.1, 0.15) is 35.3 Å². The van der Waals surface area contributed by atoms with E-state index in [9.17, 15) is 9.18 Å². The number of halogens is 3. The number of ether oxygens (including phenoxy) is 1. The maximum atomic E-state index is 14.3. The molecule has 0 radical (unpaired) electrons. The highest BCUT2D eigenvalue weighted by molar-refractivity contribution is 6.34. The number of aromatic nitrogens is 2. The zero-order chi connectivity index (χ0) is 23.3. The minimum absolute atomic E-state index is 0.0434. The second-order valence-corrected chi connectivity index (χ2v) is 9.22. The average Bonchev–Trinajstić information content (AvgIpc) is 2.74. The third-order valence-corrected chi connectivity index (χ3v) is 6.38. The van der Waals surface area contributed by atoms with E-state index in [1.807, 2.05) is 12.1 Å². The van der Waals surface area contributed by atoms with Gasteiger partial charge in [0.25, 0.3) is 5.91 Å². The number of benzene rings is 2. The van der Waals surface area contributed by atoms with Crippen molar-refractivity contribution in [3.63, 3.8) is 0 Å². The van der Waals surface area contributed by atoms with E-state index >= 15 is 0 Å². The van der Waals surface area contributed by atoms with Crippen LogP contribution in [0.25, 0.3) is 0 Å². The molecule has 2 aromatic carbocycles. The number of fused-ring (bicyclic) bond motifs is 2. The fourth-order valence-corrected chi connectivity index (χ4v) is 5.03. The van der Waals surface area contributed by atoms with E-state index in [0.717, 1.165) is 34.7 Å². The van der Waals surface area contributed by atoms with Gasteiger partial charge in [-0.15, -0.1) is 0 Å². The minimum Gasteiger partial charge on any atom is -0.455 e. The molecule has 2 N–H and O–H groups in total. The van der Waals surface area contributed by atoms with Crippen LogP contribution < -0.4 is 20.3 Å². The molecule has 0 atom stereocenters. The largest absolute Gasteiger partial charge is 0.455 e. The van der Waals surface area contributed by atoms with Gasteiger partial charge >= 0.3 is 0 Å². The van der Waals surface area contributed by atoms with Crippen molar-refractivity contribution in [2.75, 3.05) is 23.5 Å². The Hall–Kier alpha value is -2.94. The lowest BCUT2D eigenvalue weighted by Crippen LogP contribution is -2.42. The summed E-state index contributed by atoms with van der Waals surface area (Å²) in [5.74, 6) is -0.759. The Morgan fingerprint density at radius 3 is 2.85 bits per heavy atom. The first-order valence-electron chi connectivity index (χ1n) is 10.4. The standard InChI is InChI=1S/C23H20Cl2FN5O2/c1-23(2)18-12(6-7-28-23)8-13(9-16(18)25)29-22-27-10-14-20(30-22)33-11-31(21(14)32)19-15(24)4-3-5-17(19)26/h3-5,8-10,28H,6-7,11H2,1-2H3,(H,27,29,30). The molecule has 0 saturated carbocycles. The van der Waals surface area contributed by atoms with Gasteiger partial charge in [0.05, 0.1) is 5.02 Å². The summed E-state index contributed by atoms with van der Waals surface area (Å²) >= 11 is 12.7. The molecule has 0 spiro atoms. The molecule has 10 heteroatoms. The summed E-state index contributed by atoms with van der Waals surface area (Å²) in [4.78, 5) is 22.7. The van der Waals surface area contributed by atoms with E-state index in [4.69, 9.17) is 27.9 Å². The summed E-state index contributed by atoms with van der Waals surface area (Å²) in [7, 11) is 0. The molecule has 1 amide bonds. The van der Waals surface area contributed by atoms with Gasteiger partial charge in [0.15, 0.2) is 6.73 Å². The van der Waals surface area contributed by atoms with Gasteiger partial charge in [0.1, 0.15) is 17.1 Å². The van der Waals surface area contributed by atoms with Crippen LogP contribution in [0.15, 0.2) is 36.5 Å². The van der Waals surface area contributed by atoms with Gasteiger partial charge in [-0.1, -0.05) is 29.3 Å². The van der Waals surface area contributed by atoms with Gasteiger partial charge in [-0.05, 0) is 62.2 Å². The first-order chi connectivity index (χ1) is 15.7. The van der Waals surface area contributed by atoms with Crippen LogP contribution >= 0.6 is 23.2 Å². The van der Waals surface area contributed by atoms with Crippen molar-refractivity contribution in [1.82, 2.24) is 15.3 Å². The zero-order valence-electron chi connectivity index (χ0n) is 17.9. The maximum absolute atomic E-state index is 14.3. The molecule has 3 aromatic rings. The molecule has 0 bridgehead atoms. The SMILES string of the molecule is CC1(C)NCCc2cc(Nc3ncc4c(n3)OCN(c3c(F)cccc3Cl)C4=O)cc(Cl)c21. The first kappa shape index (κ1) is 21.9. The van der Waals surface area contributed by atoms with Crippen LogP contribution in [0.5, 0.6) is 5.88 Å². The van der Waals surface area contributed by atoms with E-state index in [-0.39, 0.29) is 40.4 Å². The van der Waals surface area contributed by atoms with Gasteiger partial charge in [0.2, 0.25) is 11.8 Å². The Kier molecular flexibility index (Phi) is 5.39. The summed E-state index contributed by atoms with van der Waals surface area (Å²) in [5.41, 5.74) is 2.81. The van der Waals surface area contributed by atoms with Gasteiger partial charge < -0.3 is 15.4 Å². The Bertz CT molecular complexity index is 1260. The van der Waals surface area contributed by atoms with Gasteiger partial charge in [-0.3, -0.25) is 9.69 Å². The number of rotatable bonds is 3. The van der Waals surface area contributed by atoms with Crippen LogP contribution in [0.3, 0.4) is 0 Å². The third-order valence-electron chi connectivity index (χ3n) is 5.78. The Labute approximate surface area is 199 Å². The van der Waals surface area contributed by atoms with Crippen molar-refractivity contribution in [3.8, 4) is 5.88 Å². The average molecular weight is 488 g/mol. The Morgan fingerprint density at radius 1 is 1.24 bits per heavy atom. The van der Waals surface area contributed by atoms with Crippen LogP contribution in [0.4, 0.5) is 21.7 Å². The van der Waals surface area contributed by atoms with Crippen LogP contribution in [0.2, 0.25) is 10.0 Å². The number of nitrogens with one attached hydrogen (secondary N) is 2. The predicted molar refractivity (Wildman–Crippen MR) is 125 cm³/mol. The molecule has 170 valence electrons. The second-order valence-electron chi connectivity index (χ2n) is 8.41. The Morgan fingerprint density at radius 2 is 2.06 bits per heavy atom. The molecule has 1 aromatic heterocycles. The quantitative estimate of drug-likeness (QED) is 0.538. The molecule has 33 heavy (non-hydrogen) atoms. The van der Waals surface area contributed by atoms with Crippen molar-refractivity contribution in [1.29, 1.82) is 0 Å². The number of carbonyl (C=O) groups is 1. The topological polar surface area (TPSA) is 79.4 Å². The van der Waals surface area contributed by atoms with Crippen molar-refractivity contribution < 1.29 is 13.9 Å². The number of nitrogens with zero attached hydrogens (tertiary/aromatic N) is 3. The molecule has 0 aliphatic carbocycles. The molecule has 5 rings (SSSR count). The molecule has 7 nitrogen and oxygen atoms in total. The highest BCUT2D eigenvalue weighted by Gasteiger charge is 2.32. The minimum atomic E-state index is -0.621. The van der Waals surface area contributed by atoms with E-state index < -0.39 is 11.7 Å². The highest BCUT2D eigenvalue weighted by atomic mass is 35.5. The number of para-hydroxylation sites is 1. The summed E-state index contributed by atoms with van der Waals surface area (Å²) in [6.07, 6.45) is 2.20. The Balaban J connectivity index is 1.42. The predicted octanol–water partition coefficient (Wildman–Crippen LogP) is 5.04. The van der Waals surface area contributed by atoms with Crippen molar-refractivity contribution in [2.45, 2.75) is 25.8 Å². The first-order valence-corrected chi connectivity index (χ1v) is 11.1. The summed E-state index contributed by atoms with van der Waals surface area (Å²) in [6.45, 7) is 4.83. The zero-order valence-corrected chi connectivity index (χ0v) is 19.4. The number of anilines is 3. The third kappa shape index (κ3) is 3.88. The molecule has 2 aliphatic rings. The molecule has 0 saturated heterocycles. The number of hydrogen-bond donors (Lipinski definition) is 2. The molecular weight excluding hydrogens is 468 g/mol. The van der Waals surface area contributed by atoms with Crippen molar-refractivity contribution in [2.24, 2.45) is 0 Å². The van der Waals surface area contributed by atoms with Gasteiger partial charge in [0, 0.05) is 22.4 Å². The monoisotopic (exact) mass is 487 g/mol. The lowest BCUT2D eigenvalue weighted by Gasteiger charge is -2.35. The van der Waals surface area contributed by atoms with Crippen molar-refractivity contribution in [3.05, 3.63) is 69.1 Å². The van der Waals surface area contributed by atoms with Gasteiger partial charge in [-0.25, -0.2) is 9.37 Å². The van der Waals surface area contributed by atoms with E-state index in [1.165, 1.54) is 24.4 Å². The maximum Gasteiger partial charge on any atom is 0.268 e. The van der Waals surface area contributed by atoms with Crippen LogP contribution in [0, 0.1) is 5.82 Å². The van der Waals surface area contributed by atoms with Crippen molar-refractivity contribution >= 4 is 46.4 Å². The number of hydrogen-bond acceptors (Lipinski definition) is 6. The van der Waals surface area contributed by atoms with E-state index in [2.05, 4.69) is 34.4 Å². The lowest BCUT2D eigenvalue weighted by atomic mass is 9.85. The fraction of sp³-hybridized carbons (Fsp3) is 0.261. The second kappa shape index (κ2) is 8.13. The normalized spacial score (nSPS) is 16.6. The molecule has 2 aliphatic heterocycles. The fourth-order valence-electron chi connectivity index (χ4n) is 4.29. The molecular formula is C23H20Cl2FN5O2. The summed E-state index contributed by atoms with van der Waals surface area (Å²) in [5, 5.41) is 7.36. The smallest absolute Gasteiger partial charge is 0.268 e. The lowest BCUT2D eigenvalue weighted by molar-refractivity contribution is 0.0931.